The Hall–Kier alpha value is -1.07. The molecule has 0 aliphatic heterocycles. The van der Waals surface area contributed by atoms with Gasteiger partial charge in [0, 0.05) is 18.0 Å². The first-order valence-electron chi connectivity index (χ1n) is 3.72. The second-order valence-corrected chi connectivity index (χ2v) is 3.20. The van der Waals surface area contributed by atoms with Crippen molar-refractivity contribution in [2.75, 3.05) is 5.75 Å². The maximum absolute atomic E-state index is 10.6. The molecule has 0 aliphatic carbocycles. The quantitative estimate of drug-likeness (QED) is 0.493. The molecule has 1 heterocycles. The molecule has 0 spiro atoms. The van der Waals surface area contributed by atoms with E-state index < -0.39 is 4.92 Å². The Labute approximate surface area is 91.2 Å². The van der Waals surface area contributed by atoms with Crippen molar-refractivity contribution in [2.45, 2.75) is 0 Å². The lowest BCUT2D eigenvalue weighted by Gasteiger charge is -1.96. The minimum atomic E-state index is -0.517. The van der Waals surface area contributed by atoms with Crippen LogP contribution in [0, 0.1) is 10.1 Å². The fourth-order valence-corrected chi connectivity index (χ4v) is 1.14. The third-order valence-corrected chi connectivity index (χ3v) is 1.86. The molecule has 0 aromatic carbocycles. The highest BCUT2D eigenvalue weighted by Crippen LogP contribution is 2.21. The van der Waals surface area contributed by atoms with Gasteiger partial charge in [-0.05, 0) is 6.08 Å². The fourth-order valence-electron chi connectivity index (χ4n) is 0.878. The Kier molecular flexibility index (Phi) is 3.91. The summed E-state index contributed by atoms with van der Waals surface area (Å²) in [4.78, 5) is 13.9. The highest BCUT2D eigenvalue weighted by Gasteiger charge is 2.12. The number of thiol groups is 1. The summed E-state index contributed by atoms with van der Waals surface area (Å²) in [5.74, 6) is 0.501. The number of halogens is 1. The molecule has 0 saturated heterocycles. The number of hydrogen-bond acceptors (Lipinski definition) is 4. The van der Waals surface area contributed by atoms with Crippen molar-refractivity contribution in [1.29, 1.82) is 0 Å². The molecule has 0 saturated carbocycles. The zero-order chi connectivity index (χ0) is 10.6. The lowest BCUT2D eigenvalue weighted by atomic mass is 10.3. The molecule has 1 aromatic rings. The van der Waals surface area contributed by atoms with Gasteiger partial charge in [-0.3, -0.25) is 10.1 Å². The largest absolute Gasteiger partial charge is 0.296 e. The van der Waals surface area contributed by atoms with Gasteiger partial charge in [0.25, 0.3) is 5.69 Å². The van der Waals surface area contributed by atoms with Crippen molar-refractivity contribution in [3.63, 3.8) is 0 Å². The normalized spacial score (nSPS) is 10.7. The van der Waals surface area contributed by atoms with Gasteiger partial charge in [-0.25, -0.2) is 4.98 Å². The summed E-state index contributed by atoms with van der Waals surface area (Å²) < 4.78 is 0. The van der Waals surface area contributed by atoms with Crippen molar-refractivity contribution in [3.05, 3.63) is 39.2 Å². The summed E-state index contributed by atoms with van der Waals surface area (Å²) >= 11 is 9.54. The van der Waals surface area contributed by atoms with Crippen molar-refractivity contribution >= 4 is 36.0 Å². The number of nitrogens with zero attached hydrogens (tertiary/aromatic N) is 2. The van der Waals surface area contributed by atoms with Crippen LogP contribution in [0.4, 0.5) is 5.69 Å². The summed E-state index contributed by atoms with van der Waals surface area (Å²) in [6.45, 7) is 0. The van der Waals surface area contributed by atoms with E-state index in [0.717, 1.165) is 0 Å². The summed E-state index contributed by atoms with van der Waals surface area (Å²) in [7, 11) is 0. The average molecular weight is 231 g/mol. The smallest absolute Gasteiger partial charge is 0.258 e. The molecular formula is C8H7ClN2O2S. The lowest BCUT2D eigenvalue weighted by Crippen LogP contribution is -1.93. The van der Waals surface area contributed by atoms with Crippen molar-refractivity contribution in [1.82, 2.24) is 4.98 Å². The second kappa shape index (κ2) is 4.97. The molecule has 0 fully saturated rings. The Bertz CT molecular complexity index is 382. The zero-order valence-electron chi connectivity index (χ0n) is 7.05. The molecule has 14 heavy (non-hydrogen) atoms. The van der Waals surface area contributed by atoms with Crippen molar-refractivity contribution in [3.8, 4) is 0 Å². The lowest BCUT2D eigenvalue weighted by molar-refractivity contribution is -0.385. The molecule has 1 rings (SSSR count). The molecule has 0 unspecified atom stereocenters. The van der Waals surface area contributed by atoms with Crippen LogP contribution in [0.3, 0.4) is 0 Å². The first kappa shape index (κ1) is 11.0. The van der Waals surface area contributed by atoms with Crippen LogP contribution >= 0.6 is 24.2 Å². The van der Waals surface area contributed by atoms with Gasteiger partial charge >= 0.3 is 0 Å². The van der Waals surface area contributed by atoms with E-state index in [1.807, 2.05) is 0 Å². The SMILES string of the molecule is O=[N+]([O-])c1cc(Cl)cnc1C=CCS. The molecular weight excluding hydrogens is 224 g/mol. The monoisotopic (exact) mass is 230 g/mol. The van der Waals surface area contributed by atoms with Gasteiger partial charge in [-0.2, -0.15) is 12.6 Å². The minimum absolute atomic E-state index is 0.101. The molecule has 74 valence electrons. The zero-order valence-corrected chi connectivity index (χ0v) is 8.70. The van der Waals surface area contributed by atoms with Crippen LogP contribution in [-0.4, -0.2) is 15.7 Å². The van der Waals surface area contributed by atoms with Crippen LogP contribution in [-0.2, 0) is 0 Å². The van der Waals surface area contributed by atoms with Gasteiger partial charge in [0.15, 0.2) is 0 Å². The highest BCUT2D eigenvalue weighted by molar-refractivity contribution is 7.80. The fraction of sp³-hybridized carbons (Fsp3) is 0.125. The average Bonchev–Trinajstić information content (AvgIpc) is 2.15. The van der Waals surface area contributed by atoms with Crippen molar-refractivity contribution in [2.24, 2.45) is 0 Å². The minimum Gasteiger partial charge on any atom is -0.258 e. The third kappa shape index (κ3) is 2.71. The summed E-state index contributed by atoms with van der Waals surface area (Å²) in [6.07, 6.45) is 4.58. The maximum Gasteiger partial charge on any atom is 0.296 e. The highest BCUT2D eigenvalue weighted by atomic mass is 35.5. The van der Waals surface area contributed by atoms with E-state index in [-0.39, 0.29) is 16.4 Å². The van der Waals surface area contributed by atoms with E-state index in [4.69, 9.17) is 11.6 Å². The summed E-state index contributed by atoms with van der Waals surface area (Å²) in [5.41, 5.74) is 0.184. The standard InChI is InChI=1S/C8H7ClN2O2S/c9-6-4-8(11(12)13)7(10-5-6)2-1-3-14/h1-2,4-5,14H,3H2. The van der Waals surface area contributed by atoms with Crippen LogP contribution in [0.15, 0.2) is 18.3 Å². The second-order valence-electron chi connectivity index (χ2n) is 2.40. The van der Waals surface area contributed by atoms with Crippen LogP contribution in [0.1, 0.15) is 5.69 Å². The molecule has 6 heteroatoms. The number of rotatable bonds is 3. The predicted molar refractivity (Wildman–Crippen MR) is 58.8 cm³/mol. The Morgan fingerprint density at radius 3 is 3.00 bits per heavy atom. The van der Waals surface area contributed by atoms with Crippen LogP contribution < -0.4 is 0 Å². The summed E-state index contributed by atoms with van der Waals surface area (Å²) in [5, 5.41) is 10.8. The van der Waals surface area contributed by atoms with Gasteiger partial charge in [0.2, 0.25) is 0 Å². The predicted octanol–water partition coefficient (Wildman–Crippen LogP) is 2.59. The molecule has 0 aliphatic rings. The van der Waals surface area contributed by atoms with E-state index in [9.17, 15) is 10.1 Å². The van der Waals surface area contributed by atoms with Crippen LogP contribution in [0.5, 0.6) is 0 Å². The van der Waals surface area contributed by atoms with E-state index in [2.05, 4.69) is 17.6 Å². The molecule has 4 nitrogen and oxygen atoms in total. The number of aromatic nitrogens is 1. The van der Waals surface area contributed by atoms with Gasteiger partial charge in [0.05, 0.1) is 9.95 Å². The summed E-state index contributed by atoms with van der Waals surface area (Å²) in [6, 6.07) is 1.27. The van der Waals surface area contributed by atoms with Crippen LogP contribution in [0.25, 0.3) is 6.08 Å². The Balaban J connectivity index is 3.15. The molecule has 0 N–H and O–H groups in total. The van der Waals surface area contributed by atoms with E-state index >= 15 is 0 Å². The number of pyridine rings is 1. The maximum atomic E-state index is 10.6. The van der Waals surface area contributed by atoms with Gasteiger partial charge < -0.3 is 0 Å². The van der Waals surface area contributed by atoms with E-state index in [1.165, 1.54) is 12.3 Å². The molecule has 0 atom stereocenters. The van der Waals surface area contributed by atoms with Gasteiger partial charge in [-0.1, -0.05) is 17.7 Å². The molecule has 0 radical (unpaired) electrons. The topological polar surface area (TPSA) is 56.0 Å². The molecule has 0 bridgehead atoms. The Morgan fingerprint density at radius 1 is 1.71 bits per heavy atom. The van der Waals surface area contributed by atoms with Crippen LogP contribution in [0.2, 0.25) is 5.02 Å². The van der Waals surface area contributed by atoms with E-state index in [1.54, 1.807) is 12.2 Å². The number of nitro groups is 1. The van der Waals surface area contributed by atoms with E-state index in [0.29, 0.717) is 5.75 Å². The van der Waals surface area contributed by atoms with Gasteiger partial charge in [0.1, 0.15) is 5.69 Å². The molecule has 0 amide bonds. The Morgan fingerprint density at radius 2 is 2.43 bits per heavy atom. The third-order valence-electron chi connectivity index (χ3n) is 1.44. The first-order chi connectivity index (χ1) is 6.65. The van der Waals surface area contributed by atoms with Crippen molar-refractivity contribution < 1.29 is 4.92 Å². The number of hydrogen-bond donors (Lipinski definition) is 1. The first-order valence-corrected chi connectivity index (χ1v) is 4.73. The molecule has 1 aromatic heterocycles. The van der Waals surface area contributed by atoms with Gasteiger partial charge in [-0.15, -0.1) is 0 Å².